The third-order valence-electron chi connectivity index (χ3n) is 5.06. The average Bonchev–Trinajstić information content (AvgIpc) is 2.73. The van der Waals surface area contributed by atoms with Gasteiger partial charge >= 0.3 is 0 Å². The third kappa shape index (κ3) is 3.06. The second-order valence-electron chi connectivity index (χ2n) is 6.51. The van der Waals surface area contributed by atoms with Crippen LogP contribution >= 0.6 is 0 Å². The summed E-state index contributed by atoms with van der Waals surface area (Å²) in [4.78, 5) is 26.3. The fraction of sp³-hybridized carbons (Fsp3) is 0.286. The third-order valence-corrected chi connectivity index (χ3v) is 5.06. The fourth-order valence-corrected chi connectivity index (χ4v) is 3.53. The van der Waals surface area contributed by atoms with Crippen LogP contribution in [0.15, 0.2) is 54.9 Å². The average molecular weight is 346 g/mol. The molecule has 1 fully saturated rings. The van der Waals surface area contributed by atoms with Gasteiger partial charge in [-0.25, -0.2) is 9.97 Å². The molecular formula is C21H22N4O. The monoisotopic (exact) mass is 346 g/mol. The molecule has 1 saturated heterocycles. The molecule has 0 unspecified atom stereocenters. The highest BCUT2D eigenvalue weighted by atomic mass is 16.2. The zero-order valence-electron chi connectivity index (χ0n) is 14.9. The summed E-state index contributed by atoms with van der Waals surface area (Å²) in [5.41, 5.74) is 3.28. The number of benzene rings is 2. The van der Waals surface area contributed by atoms with E-state index >= 15 is 0 Å². The van der Waals surface area contributed by atoms with Crippen LogP contribution in [0.4, 0.5) is 0 Å². The maximum absolute atomic E-state index is 13.2. The van der Waals surface area contributed by atoms with Crippen molar-refractivity contribution in [2.24, 2.45) is 0 Å². The molecule has 5 heteroatoms. The topological polar surface area (TPSA) is 49.3 Å². The van der Waals surface area contributed by atoms with Crippen molar-refractivity contribution in [2.75, 3.05) is 32.7 Å². The molecule has 2 aromatic carbocycles. The van der Waals surface area contributed by atoms with Crippen molar-refractivity contribution in [2.45, 2.75) is 6.92 Å². The molecule has 132 valence electrons. The Kier molecular flexibility index (Phi) is 4.63. The zero-order chi connectivity index (χ0) is 17.9. The molecule has 0 atom stereocenters. The van der Waals surface area contributed by atoms with Crippen molar-refractivity contribution in [3.8, 4) is 11.3 Å². The lowest BCUT2D eigenvalue weighted by atomic mass is 9.99. The van der Waals surface area contributed by atoms with Crippen molar-refractivity contribution >= 4 is 16.8 Å². The SMILES string of the molecule is CCN1CCN(C(=O)c2ccccc2-c2ncnc3ccccc23)CC1. The summed E-state index contributed by atoms with van der Waals surface area (Å²) < 4.78 is 0. The van der Waals surface area contributed by atoms with Crippen LogP contribution in [-0.2, 0) is 0 Å². The van der Waals surface area contributed by atoms with Gasteiger partial charge in [0.1, 0.15) is 6.33 Å². The largest absolute Gasteiger partial charge is 0.336 e. The maximum atomic E-state index is 13.2. The highest BCUT2D eigenvalue weighted by molar-refractivity contribution is 6.04. The standard InChI is InChI=1S/C21H22N4O/c1-2-24-11-13-25(14-12-24)21(26)17-8-4-3-7-16(17)20-18-9-5-6-10-19(18)22-15-23-20/h3-10,15H,2,11-14H2,1H3. The summed E-state index contributed by atoms with van der Waals surface area (Å²) >= 11 is 0. The number of nitrogens with zero attached hydrogens (tertiary/aromatic N) is 4. The van der Waals surface area contributed by atoms with Gasteiger partial charge in [-0.1, -0.05) is 43.3 Å². The summed E-state index contributed by atoms with van der Waals surface area (Å²) in [6.45, 7) is 6.59. The Bertz CT molecular complexity index is 927. The zero-order valence-corrected chi connectivity index (χ0v) is 14.9. The van der Waals surface area contributed by atoms with E-state index in [-0.39, 0.29) is 5.91 Å². The van der Waals surface area contributed by atoms with E-state index in [4.69, 9.17) is 0 Å². The van der Waals surface area contributed by atoms with Crippen molar-refractivity contribution in [1.29, 1.82) is 0 Å². The minimum absolute atomic E-state index is 0.0825. The van der Waals surface area contributed by atoms with Crippen molar-refractivity contribution in [3.05, 3.63) is 60.4 Å². The van der Waals surface area contributed by atoms with E-state index in [9.17, 15) is 4.79 Å². The van der Waals surface area contributed by atoms with Gasteiger partial charge in [-0.05, 0) is 18.7 Å². The lowest BCUT2D eigenvalue weighted by Crippen LogP contribution is -2.48. The normalized spacial score (nSPS) is 15.3. The predicted molar refractivity (Wildman–Crippen MR) is 103 cm³/mol. The lowest BCUT2D eigenvalue weighted by Gasteiger charge is -2.34. The van der Waals surface area contributed by atoms with Gasteiger partial charge in [0, 0.05) is 42.7 Å². The van der Waals surface area contributed by atoms with Gasteiger partial charge in [0.15, 0.2) is 0 Å². The summed E-state index contributed by atoms with van der Waals surface area (Å²) in [5, 5.41) is 0.964. The molecule has 1 amide bonds. The number of para-hydroxylation sites is 1. The molecule has 0 N–H and O–H groups in total. The molecule has 1 aliphatic rings. The van der Waals surface area contributed by atoms with Gasteiger partial charge in [-0.2, -0.15) is 0 Å². The maximum Gasteiger partial charge on any atom is 0.254 e. The molecule has 0 saturated carbocycles. The molecular weight excluding hydrogens is 324 g/mol. The number of rotatable bonds is 3. The van der Waals surface area contributed by atoms with Crippen LogP contribution in [0.25, 0.3) is 22.2 Å². The summed E-state index contributed by atoms with van der Waals surface area (Å²) in [5.74, 6) is 0.0825. The van der Waals surface area contributed by atoms with Gasteiger partial charge in [0.25, 0.3) is 5.91 Å². The Morgan fingerprint density at radius 2 is 1.69 bits per heavy atom. The number of hydrogen-bond donors (Lipinski definition) is 0. The van der Waals surface area contributed by atoms with Crippen LogP contribution in [0.1, 0.15) is 17.3 Å². The van der Waals surface area contributed by atoms with E-state index in [2.05, 4.69) is 21.8 Å². The van der Waals surface area contributed by atoms with Crippen molar-refractivity contribution in [1.82, 2.24) is 19.8 Å². The number of aromatic nitrogens is 2. The van der Waals surface area contributed by atoms with Crippen LogP contribution in [-0.4, -0.2) is 58.4 Å². The number of hydrogen-bond acceptors (Lipinski definition) is 4. The Balaban J connectivity index is 1.72. The molecule has 3 aromatic rings. The van der Waals surface area contributed by atoms with Crippen LogP contribution in [0, 0.1) is 0 Å². The molecule has 4 rings (SSSR count). The first-order valence-electron chi connectivity index (χ1n) is 9.08. The van der Waals surface area contributed by atoms with Crippen LogP contribution < -0.4 is 0 Å². The van der Waals surface area contributed by atoms with Gasteiger partial charge in [-0.3, -0.25) is 4.79 Å². The van der Waals surface area contributed by atoms with Gasteiger partial charge in [0.2, 0.25) is 0 Å². The molecule has 26 heavy (non-hydrogen) atoms. The minimum Gasteiger partial charge on any atom is -0.336 e. The molecule has 0 spiro atoms. The summed E-state index contributed by atoms with van der Waals surface area (Å²) in [6, 6.07) is 15.7. The first kappa shape index (κ1) is 16.7. The van der Waals surface area contributed by atoms with E-state index in [1.54, 1.807) is 6.33 Å². The Hall–Kier alpha value is -2.79. The minimum atomic E-state index is 0.0825. The van der Waals surface area contributed by atoms with E-state index in [1.165, 1.54) is 0 Å². The second-order valence-corrected chi connectivity index (χ2v) is 6.51. The van der Waals surface area contributed by atoms with Gasteiger partial charge in [0.05, 0.1) is 11.2 Å². The van der Waals surface area contributed by atoms with Gasteiger partial charge in [-0.15, -0.1) is 0 Å². The number of carbonyl (C=O) groups excluding carboxylic acids is 1. The van der Waals surface area contributed by atoms with E-state index in [1.807, 2.05) is 53.4 Å². The lowest BCUT2D eigenvalue weighted by molar-refractivity contribution is 0.0644. The highest BCUT2D eigenvalue weighted by Gasteiger charge is 2.24. The van der Waals surface area contributed by atoms with Crippen molar-refractivity contribution in [3.63, 3.8) is 0 Å². The Morgan fingerprint density at radius 1 is 0.962 bits per heavy atom. The fourth-order valence-electron chi connectivity index (χ4n) is 3.53. The van der Waals surface area contributed by atoms with Crippen LogP contribution in [0.3, 0.4) is 0 Å². The number of fused-ring (bicyclic) bond motifs is 1. The van der Waals surface area contributed by atoms with Crippen molar-refractivity contribution < 1.29 is 4.79 Å². The highest BCUT2D eigenvalue weighted by Crippen LogP contribution is 2.29. The first-order valence-corrected chi connectivity index (χ1v) is 9.08. The molecule has 0 bridgehead atoms. The molecule has 1 aliphatic heterocycles. The van der Waals surface area contributed by atoms with E-state index in [0.29, 0.717) is 5.56 Å². The molecule has 1 aromatic heterocycles. The number of piperazine rings is 1. The van der Waals surface area contributed by atoms with E-state index in [0.717, 1.165) is 54.9 Å². The second kappa shape index (κ2) is 7.22. The van der Waals surface area contributed by atoms with Crippen LogP contribution in [0.5, 0.6) is 0 Å². The number of likely N-dealkylation sites (N-methyl/N-ethyl adjacent to an activating group) is 1. The molecule has 2 heterocycles. The van der Waals surface area contributed by atoms with Crippen LogP contribution in [0.2, 0.25) is 0 Å². The summed E-state index contributed by atoms with van der Waals surface area (Å²) in [7, 11) is 0. The molecule has 5 nitrogen and oxygen atoms in total. The Labute approximate surface area is 153 Å². The Morgan fingerprint density at radius 3 is 2.50 bits per heavy atom. The molecule has 0 aliphatic carbocycles. The predicted octanol–water partition coefficient (Wildman–Crippen LogP) is 3.07. The molecule has 0 radical (unpaired) electrons. The number of amides is 1. The van der Waals surface area contributed by atoms with Gasteiger partial charge < -0.3 is 9.80 Å². The smallest absolute Gasteiger partial charge is 0.254 e. The summed E-state index contributed by atoms with van der Waals surface area (Å²) in [6.07, 6.45) is 1.57. The first-order chi connectivity index (χ1) is 12.8. The van der Waals surface area contributed by atoms with E-state index < -0.39 is 0 Å². The quantitative estimate of drug-likeness (QED) is 0.731. The number of carbonyl (C=O) groups is 1.